The summed E-state index contributed by atoms with van der Waals surface area (Å²) in [6.07, 6.45) is 3.44. The van der Waals surface area contributed by atoms with Crippen LogP contribution in [0.2, 0.25) is 0 Å². The summed E-state index contributed by atoms with van der Waals surface area (Å²) < 4.78 is 22.6. The van der Waals surface area contributed by atoms with E-state index in [1.54, 1.807) is 21.3 Å². The van der Waals surface area contributed by atoms with Gasteiger partial charge in [0.2, 0.25) is 0 Å². The van der Waals surface area contributed by atoms with Gasteiger partial charge in [-0.1, -0.05) is 6.07 Å². The van der Waals surface area contributed by atoms with Crippen LogP contribution in [0.15, 0.2) is 24.3 Å². The van der Waals surface area contributed by atoms with Gasteiger partial charge in [0.1, 0.15) is 5.75 Å². The number of rotatable bonds is 4. The first-order valence-electron chi connectivity index (χ1n) is 7.63. The van der Waals surface area contributed by atoms with Gasteiger partial charge in [-0.3, -0.25) is 0 Å². The number of hydrogen-bond donors (Lipinski definition) is 0. The third-order valence-electron chi connectivity index (χ3n) is 4.26. The molecule has 0 bridgehead atoms. The average molecular weight is 302 g/mol. The Labute approximate surface area is 130 Å². The topological polar surface area (TPSA) is 36.9 Å². The van der Waals surface area contributed by atoms with Gasteiger partial charge in [0.25, 0.3) is 0 Å². The Bertz CT molecular complexity index is 660. The summed E-state index contributed by atoms with van der Waals surface area (Å²) in [5.74, 6) is 2.29. The average Bonchev–Trinajstić information content (AvgIpc) is 2.60. The normalized spacial score (nSPS) is 18.2. The first-order chi connectivity index (χ1) is 10.8. The summed E-state index contributed by atoms with van der Waals surface area (Å²) in [5, 5.41) is 2.04. The third-order valence-corrected chi connectivity index (χ3v) is 4.26. The van der Waals surface area contributed by atoms with Gasteiger partial charge in [0.15, 0.2) is 11.5 Å². The van der Waals surface area contributed by atoms with E-state index in [1.165, 1.54) is 6.42 Å². The van der Waals surface area contributed by atoms with Crippen molar-refractivity contribution in [2.24, 2.45) is 0 Å². The van der Waals surface area contributed by atoms with Crippen molar-refractivity contribution in [2.45, 2.75) is 25.4 Å². The van der Waals surface area contributed by atoms with Crippen molar-refractivity contribution in [2.75, 3.05) is 27.9 Å². The molecule has 22 heavy (non-hydrogen) atoms. The molecule has 1 fully saturated rings. The number of benzene rings is 2. The van der Waals surface area contributed by atoms with Crippen molar-refractivity contribution >= 4 is 10.8 Å². The molecule has 2 aromatic rings. The molecule has 1 atom stereocenters. The molecule has 1 aliphatic rings. The number of hydrogen-bond acceptors (Lipinski definition) is 4. The monoisotopic (exact) mass is 302 g/mol. The van der Waals surface area contributed by atoms with Crippen LogP contribution >= 0.6 is 0 Å². The molecule has 1 saturated heterocycles. The van der Waals surface area contributed by atoms with E-state index in [2.05, 4.69) is 6.07 Å². The molecule has 0 saturated carbocycles. The first-order valence-corrected chi connectivity index (χ1v) is 7.63. The molecule has 118 valence electrons. The predicted molar refractivity (Wildman–Crippen MR) is 86.1 cm³/mol. The van der Waals surface area contributed by atoms with Crippen LogP contribution in [-0.2, 0) is 4.74 Å². The van der Waals surface area contributed by atoms with Gasteiger partial charge in [0.05, 0.1) is 27.4 Å². The molecule has 0 aromatic heterocycles. The minimum Gasteiger partial charge on any atom is -0.496 e. The minimum absolute atomic E-state index is 0.100. The lowest BCUT2D eigenvalue weighted by molar-refractivity contribution is 0.0158. The first kappa shape index (κ1) is 15.0. The zero-order valence-corrected chi connectivity index (χ0v) is 13.3. The van der Waals surface area contributed by atoms with Gasteiger partial charge in [-0.15, -0.1) is 0 Å². The molecule has 2 aromatic carbocycles. The highest BCUT2D eigenvalue weighted by Crippen LogP contribution is 2.44. The van der Waals surface area contributed by atoms with E-state index >= 15 is 0 Å². The van der Waals surface area contributed by atoms with Crippen molar-refractivity contribution in [3.63, 3.8) is 0 Å². The Morgan fingerprint density at radius 2 is 1.68 bits per heavy atom. The largest absolute Gasteiger partial charge is 0.496 e. The molecule has 1 heterocycles. The lowest BCUT2D eigenvalue weighted by Gasteiger charge is -2.25. The van der Waals surface area contributed by atoms with Crippen LogP contribution in [0.25, 0.3) is 10.8 Å². The quantitative estimate of drug-likeness (QED) is 0.852. The van der Waals surface area contributed by atoms with Gasteiger partial charge < -0.3 is 18.9 Å². The predicted octanol–water partition coefficient (Wildman–Crippen LogP) is 4.11. The Balaban J connectivity index is 2.26. The molecule has 0 radical (unpaired) electrons. The second kappa shape index (κ2) is 6.44. The van der Waals surface area contributed by atoms with E-state index in [-0.39, 0.29) is 6.10 Å². The molecule has 0 amide bonds. The van der Waals surface area contributed by atoms with Crippen LogP contribution in [0.5, 0.6) is 17.2 Å². The summed E-state index contributed by atoms with van der Waals surface area (Å²) >= 11 is 0. The lowest BCUT2D eigenvalue weighted by Crippen LogP contribution is -2.12. The summed E-state index contributed by atoms with van der Waals surface area (Å²) in [6, 6.07) is 8.01. The Kier molecular flexibility index (Phi) is 4.39. The molecule has 1 unspecified atom stereocenters. The fourth-order valence-corrected chi connectivity index (χ4v) is 3.19. The molecule has 0 spiro atoms. The van der Waals surface area contributed by atoms with Crippen molar-refractivity contribution in [1.29, 1.82) is 0 Å². The summed E-state index contributed by atoms with van der Waals surface area (Å²) in [5.41, 5.74) is 1.14. The number of ether oxygens (including phenoxy) is 4. The van der Waals surface area contributed by atoms with Crippen LogP contribution in [0, 0.1) is 0 Å². The highest BCUT2D eigenvalue weighted by molar-refractivity contribution is 5.98. The maximum Gasteiger partial charge on any atom is 0.169 e. The Morgan fingerprint density at radius 1 is 0.909 bits per heavy atom. The highest BCUT2D eigenvalue weighted by atomic mass is 16.5. The maximum absolute atomic E-state index is 5.98. The van der Waals surface area contributed by atoms with Crippen molar-refractivity contribution in [3.05, 3.63) is 29.8 Å². The number of methoxy groups -OCH3 is 3. The van der Waals surface area contributed by atoms with Crippen LogP contribution < -0.4 is 14.2 Å². The van der Waals surface area contributed by atoms with E-state index in [9.17, 15) is 0 Å². The molecule has 0 N–H and O–H groups in total. The standard InChI is InChI=1S/C18H22O4/c1-19-14-9-7-13(15-6-4-5-11-22-15)17-12(14)8-10-16(20-2)18(17)21-3/h7-10,15H,4-6,11H2,1-3H3. The number of fused-ring (bicyclic) bond motifs is 1. The molecule has 4 nitrogen and oxygen atoms in total. The van der Waals surface area contributed by atoms with Crippen molar-refractivity contribution in [1.82, 2.24) is 0 Å². The van der Waals surface area contributed by atoms with E-state index in [1.807, 2.05) is 18.2 Å². The zero-order chi connectivity index (χ0) is 15.5. The smallest absolute Gasteiger partial charge is 0.169 e. The van der Waals surface area contributed by atoms with Gasteiger partial charge >= 0.3 is 0 Å². The van der Waals surface area contributed by atoms with Crippen LogP contribution in [-0.4, -0.2) is 27.9 Å². The van der Waals surface area contributed by atoms with Gasteiger partial charge in [-0.25, -0.2) is 0 Å². The zero-order valence-electron chi connectivity index (χ0n) is 13.3. The summed E-state index contributed by atoms with van der Waals surface area (Å²) in [4.78, 5) is 0. The maximum atomic E-state index is 5.98. The second-order valence-corrected chi connectivity index (χ2v) is 5.44. The van der Waals surface area contributed by atoms with Crippen molar-refractivity contribution < 1.29 is 18.9 Å². The Morgan fingerprint density at radius 3 is 2.32 bits per heavy atom. The van der Waals surface area contributed by atoms with E-state index in [4.69, 9.17) is 18.9 Å². The fourth-order valence-electron chi connectivity index (χ4n) is 3.19. The SMILES string of the molecule is COc1ccc2c(OC)ccc(C3CCCCO3)c2c1OC. The lowest BCUT2D eigenvalue weighted by atomic mass is 9.94. The van der Waals surface area contributed by atoms with Crippen LogP contribution in [0.4, 0.5) is 0 Å². The molecular formula is C18H22O4. The van der Waals surface area contributed by atoms with E-state index in [0.717, 1.165) is 53.0 Å². The summed E-state index contributed by atoms with van der Waals surface area (Å²) in [6.45, 7) is 0.810. The van der Waals surface area contributed by atoms with Gasteiger partial charge in [-0.05, 0) is 43.0 Å². The van der Waals surface area contributed by atoms with Crippen molar-refractivity contribution in [3.8, 4) is 17.2 Å². The highest BCUT2D eigenvalue weighted by Gasteiger charge is 2.23. The Hall–Kier alpha value is -1.94. The van der Waals surface area contributed by atoms with Gasteiger partial charge in [-0.2, -0.15) is 0 Å². The molecule has 3 rings (SSSR count). The fraction of sp³-hybridized carbons (Fsp3) is 0.444. The molecule has 0 aliphatic carbocycles. The molecular weight excluding hydrogens is 280 g/mol. The minimum atomic E-state index is 0.100. The van der Waals surface area contributed by atoms with Gasteiger partial charge in [0, 0.05) is 17.4 Å². The van der Waals surface area contributed by atoms with Crippen LogP contribution in [0.3, 0.4) is 0 Å². The van der Waals surface area contributed by atoms with E-state index in [0.29, 0.717) is 0 Å². The van der Waals surface area contributed by atoms with E-state index < -0.39 is 0 Å². The van der Waals surface area contributed by atoms with Crippen LogP contribution in [0.1, 0.15) is 30.9 Å². The third kappa shape index (κ3) is 2.48. The second-order valence-electron chi connectivity index (χ2n) is 5.44. The molecule has 4 heteroatoms. The molecule has 1 aliphatic heterocycles. The summed E-state index contributed by atoms with van der Waals surface area (Å²) in [7, 11) is 5.01.